The summed E-state index contributed by atoms with van der Waals surface area (Å²) in [6.07, 6.45) is -1.09. The second-order valence-corrected chi connectivity index (χ2v) is 11.3. The van der Waals surface area contributed by atoms with Gasteiger partial charge in [0.2, 0.25) is 0 Å². The number of Topliss-reactive ketones (excluding diaryl/α,β-unsaturated/α-hetero) is 6. The van der Waals surface area contributed by atoms with Gasteiger partial charge in [-0.2, -0.15) is 0 Å². The molecule has 3 rings (SSSR count). The standard InChI is InChI=1S/C34H34O12/c1-15-11-25(39)31(33(43)45-15)27(41)13-23(29(17(3)35)18(4)36)21-7-9-22(10-8-21)24(30(19(5)37)20(6)38)14-28(42)32-26(40)12-16(2)46-34(32)44/h7-12,23-24,29-30,39-40H,13-14H2,1-6H3. The molecule has 46 heavy (non-hydrogen) atoms. The average molecular weight is 635 g/mol. The second kappa shape index (κ2) is 14.2. The smallest absolute Gasteiger partial charge is 0.350 e. The van der Waals surface area contributed by atoms with Gasteiger partial charge in [0.25, 0.3) is 0 Å². The number of aromatic hydroxyl groups is 2. The lowest BCUT2D eigenvalue weighted by atomic mass is 9.75. The zero-order valence-corrected chi connectivity index (χ0v) is 26.2. The Hall–Kier alpha value is -5.26. The molecule has 2 atom stereocenters. The van der Waals surface area contributed by atoms with Crippen LogP contribution in [-0.2, 0) is 19.2 Å². The van der Waals surface area contributed by atoms with E-state index in [0.717, 1.165) is 12.1 Å². The Bertz CT molecular complexity index is 1680. The minimum atomic E-state index is -1.31. The molecule has 2 heterocycles. The first-order valence-electron chi connectivity index (χ1n) is 14.3. The van der Waals surface area contributed by atoms with Crippen LogP contribution in [0.3, 0.4) is 0 Å². The Morgan fingerprint density at radius 3 is 1.11 bits per heavy atom. The number of hydrogen-bond donors (Lipinski definition) is 2. The van der Waals surface area contributed by atoms with Gasteiger partial charge in [-0.1, -0.05) is 24.3 Å². The SMILES string of the molecule is CC(=O)C(C(C)=O)C(CC(=O)c1c(O)cc(C)oc1=O)c1ccc(C(CC(=O)c2c(O)cc(C)oc2=O)C(C(C)=O)C(C)=O)cc1. The highest BCUT2D eigenvalue weighted by Gasteiger charge is 2.37. The molecule has 0 aliphatic heterocycles. The monoisotopic (exact) mass is 634 g/mol. The first kappa shape index (κ1) is 35.2. The number of carbonyl (C=O) groups excluding carboxylic acids is 6. The number of ketones is 6. The molecule has 0 spiro atoms. The summed E-state index contributed by atoms with van der Waals surface area (Å²) in [6.45, 7) is 7.53. The van der Waals surface area contributed by atoms with Crippen LogP contribution in [0.4, 0.5) is 0 Å². The third-order valence-corrected chi connectivity index (χ3v) is 7.83. The lowest BCUT2D eigenvalue weighted by Gasteiger charge is -2.26. The molecule has 0 saturated heterocycles. The fourth-order valence-corrected chi connectivity index (χ4v) is 5.86. The summed E-state index contributed by atoms with van der Waals surface area (Å²) >= 11 is 0. The van der Waals surface area contributed by atoms with Gasteiger partial charge in [0.15, 0.2) is 11.6 Å². The normalized spacial score (nSPS) is 12.5. The van der Waals surface area contributed by atoms with Gasteiger partial charge in [-0.3, -0.25) is 28.8 Å². The first-order valence-corrected chi connectivity index (χ1v) is 14.3. The lowest BCUT2D eigenvalue weighted by molar-refractivity contribution is -0.133. The largest absolute Gasteiger partial charge is 0.507 e. The fourth-order valence-electron chi connectivity index (χ4n) is 5.86. The van der Waals surface area contributed by atoms with Crippen LogP contribution in [0.2, 0.25) is 0 Å². The highest BCUT2D eigenvalue weighted by Crippen LogP contribution is 2.36. The molecule has 242 valence electrons. The number of benzene rings is 1. The molecule has 3 aromatic rings. The molecule has 1 aromatic carbocycles. The fraction of sp³-hybridized carbons (Fsp3) is 0.353. The van der Waals surface area contributed by atoms with Crippen LogP contribution in [0.15, 0.2) is 54.8 Å². The average Bonchev–Trinajstić information content (AvgIpc) is 2.90. The molecule has 0 amide bonds. The third kappa shape index (κ3) is 7.68. The second-order valence-electron chi connectivity index (χ2n) is 11.3. The van der Waals surface area contributed by atoms with Crippen molar-refractivity contribution < 1.29 is 47.8 Å². The van der Waals surface area contributed by atoms with Crippen molar-refractivity contribution in [3.8, 4) is 11.5 Å². The first-order chi connectivity index (χ1) is 21.4. The van der Waals surface area contributed by atoms with Crippen molar-refractivity contribution >= 4 is 34.7 Å². The van der Waals surface area contributed by atoms with E-state index in [2.05, 4.69) is 0 Å². The summed E-state index contributed by atoms with van der Waals surface area (Å²) in [7, 11) is 0. The molecule has 2 N–H and O–H groups in total. The Morgan fingerprint density at radius 1 is 0.587 bits per heavy atom. The van der Waals surface area contributed by atoms with E-state index in [9.17, 15) is 48.6 Å². The summed E-state index contributed by atoms with van der Waals surface area (Å²) in [5.41, 5.74) is -2.84. The molecule has 0 saturated carbocycles. The van der Waals surface area contributed by atoms with Gasteiger partial charge in [0.05, 0.1) is 11.8 Å². The summed E-state index contributed by atoms with van der Waals surface area (Å²) in [5, 5.41) is 20.6. The van der Waals surface area contributed by atoms with Crippen LogP contribution in [0.1, 0.15) is 95.7 Å². The van der Waals surface area contributed by atoms with E-state index in [1.807, 2.05) is 0 Å². The molecule has 0 aliphatic carbocycles. The van der Waals surface area contributed by atoms with Gasteiger partial charge >= 0.3 is 11.3 Å². The van der Waals surface area contributed by atoms with Gasteiger partial charge in [0.1, 0.15) is 57.3 Å². The van der Waals surface area contributed by atoms with Crippen LogP contribution >= 0.6 is 0 Å². The summed E-state index contributed by atoms with van der Waals surface area (Å²) in [5.74, 6) is -9.86. The van der Waals surface area contributed by atoms with E-state index in [-0.39, 0.29) is 11.5 Å². The van der Waals surface area contributed by atoms with Gasteiger partial charge in [-0.05, 0) is 52.7 Å². The molecule has 0 radical (unpaired) electrons. The zero-order chi connectivity index (χ0) is 34.6. The van der Waals surface area contributed by atoms with Crippen molar-refractivity contribution in [2.75, 3.05) is 0 Å². The third-order valence-electron chi connectivity index (χ3n) is 7.83. The predicted molar refractivity (Wildman–Crippen MR) is 162 cm³/mol. The Labute approximate surface area is 263 Å². The highest BCUT2D eigenvalue weighted by atomic mass is 16.4. The number of aryl methyl sites for hydroxylation is 2. The Morgan fingerprint density at radius 2 is 0.870 bits per heavy atom. The van der Waals surface area contributed by atoms with E-state index < -0.39 is 105 Å². The molecule has 12 nitrogen and oxygen atoms in total. The minimum Gasteiger partial charge on any atom is -0.507 e. The number of rotatable bonds is 14. The van der Waals surface area contributed by atoms with Crippen molar-refractivity contribution in [1.82, 2.24) is 0 Å². The maximum absolute atomic E-state index is 13.3. The molecule has 0 fully saturated rings. The Kier molecular flexibility index (Phi) is 10.9. The predicted octanol–water partition coefficient (Wildman–Crippen LogP) is 3.92. The van der Waals surface area contributed by atoms with Crippen molar-refractivity contribution in [2.24, 2.45) is 11.8 Å². The van der Waals surface area contributed by atoms with E-state index in [0.29, 0.717) is 11.1 Å². The summed E-state index contributed by atoms with van der Waals surface area (Å²) in [6, 6.07) is 8.00. The molecule has 12 heteroatoms. The van der Waals surface area contributed by atoms with Crippen LogP contribution in [0.25, 0.3) is 0 Å². The van der Waals surface area contributed by atoms with Gasteiger partial charge in [-0.15, -0.1) is 0 Å². The quantitative estimate of drug-likeness (QED) is 0.191. The molecular weight excluding hydrogens is 600 g/mol. The summed E-state index contributed by atoms with van der Waals surface area (Å²) < 4.78 is 9.89. The zero-order valence-electron chi connectivity index (χ0n) is 26.2. The van der Waals surface area contributed by atoms with E-state index >= 15 is 0 Å². The maximum Gasteiger partial charge on any atom is 0.350 e. The van der Waals surface area contributed by atoms with E-state index in [4.69, 9.17) is 8.83 Å². The Balaban J connectivity index is 2.11. The van der Waals surface area contributed by atoms with Crippen LogP contribution in [-0.4, -0.2) is 44.9 Å². The molecule has 0 aliphatic rings. The minimum absolute atomic E-state index is 0.0671. The van der Waals surface area contributed by atoms with Gasteiger partial charge in [0, 0.05) is 36.8 Å². The topological polar surface area (TPSA) is 203 Å². The van der Waals surface area contributed by atoms with Crippen molar-refractivity contribution in [1.29, 1.82) is 0 Å². The maximum atomic E-state index is 13.3. The van der Waals surface area contributed by atoms with E-state index in [1.54, 1.807) is 0 Å². The molecule has 2 aromatic heterocycles. The number of hydrogen-bond acceptors (Lipinski definition) is 12. The lowest BCUT2D eigenvalue weighted by Crippen LogP contribution is -2.30. The van der Waals surface area contributed by atoms with Crippen LogP contribution < -0.4 is 11.3 Å². The van der Waals surface area contributed by atoms with E-state index in [1.165, 1.54) is 65.8 Å². The van der Waals surface area contributed by atoms with Crippen LogP contribution in [0.5, 0.6) is 11.5 Å². The summed E-state index contributed by atoms with van der Waals surface area (Å²) in [4.78, 5) is 102. The molecular formula is C34H34O12. The number of carbonyl (C=O) groups is 6. The van der Waals surface area contributed by atoms with Gasteiger partial charge in [-0.25, -0.2) is 9.59 Å². The highest BCUT2D eigenvalue weighted by molar-refractivity contribution is 6.05. The van der Waals surface area contributed by atoms with Crippen molar-refractivity contribution in [3.63, 3.8) is 0 Å². The van der Waals surface area contributed by atoms with Crippen molar-refractivity contribution in [2.45, 2.75) is 66.2 Å². The van der Waals surface area contributed by atoms with Crippen molar-refractivity contribution in [3.05, 3.63) is 91.0 Å². The van der Waals surface area contributed by atoms with Gasteiger partial charge < -0.3 is 19.0 Å². The molecule has 2 unspecified atom stereocenters. The molecule has 0 bridgehead atoms. The van der Waals surface area contributed by atoms with Crippen LogP contribution in [0, 0.1) is 25.7 Å².